The van der Waals surface area contributed by atoms with Crippen LogP contribution in [0.15, 0.2) is 43.0 Å². The number of nitrogens with one attached hydrogen (secondary N) is 1. The van der Waals surface area contributed by atoms with Crippen LogP contribution in [0.5, 0.6) is 0 Å². The maximum Gasteiger partial charge on any atom is 0.155 e. The normalized spacial score (nSPS) is 10.9. The van der Waals surface area contributed by atoms with E-state index in [9.17, 15) is 0 Å². The number of hydrogen-bond acceptors (Lipinski definition) is 4. The average Bonchev–Trinajstić information content (AvgIpc) is 2.90. The number of fused-ring (bicyclic) bond motifs is 1. The first-order valence-corrected chi connectivity index (χ1v) is 6.55. The summed E-state index contributed by atoms with van der Waals surface area (Å²) in [6.45, 7) is 0.576. The van der Waals surface area contributed by atoms with Crippen molar-refractivity contribution in [2.24, 2.45) is 0 Å². The number of anilines is 1. The molecule has 0 aliphatic carbocycles. The minimum atomic E-state index is -0.00681. The highest BCUT2D eigenvalue weighted by Gasteiger charge is 2.05. The number of halogens is 1. The number of benzene rings is 1. The Hall–Kier alpha value is -2.11. The Labute approximate surface area is 120 Å². The fourth-order valence-corrected chi connectivity index (χ4v) is 2.20. The number of hydrogen-bond donors (Lipinski definition) is 2. The Kier molecular flexibility index (Phi) is 3.54. The van der Waals surface area contributed by atoms with Gasteiger partial charge < -0.3 is 10.4 Å². The topological polar surface area (TPSA) is 62.5 Å². The van der Waals surface area contributed by atoms with Crippen LogP contribution in [0.25, 0.3) is 5.65 Å². The summed E-state index contributed by atoms with van der Waals surface area (Å²) >= 11 is 6.14. The van der Waals surface area contributed by atoms with Crippen molar-refractivity contribution in [3.63, 3.8) is 0 Å². The highest BCUT2D eigenvalue weighted by atomic mass is 35.5. The van der Waals surface area contributed by atoms with Gasteiger partial charge >= 0.3 is 0 Å². The van der Waals surface area contributed by atoms with Gasteiger partial charge in [-0.3, -0.25) is 9.38 Å². The van der Waals surface area contributed by atoms with Crippen LogP contribution in [0, 0.1) is 0 Å². The van der Waals surface area contributed by atoms with Gasteiger partial charge in [0.1, 0.15) is 0 Å². The highest BCUT2D eigenvalue weighted by Crippen LogP contribution is 2.23. The molecule has 6 heteroatoms. The van der Waals surface area contributed by atoms with E-state index in [2.05, 4.69) is 15.3 Å². The lowest BCUT2D eigenvalue weighted by molar-refractivity contribution is 0.282. The van der Waals surface area contributed by atoms with Crippen LogP contribution in [0.3, 0.4) is 0 Å². The molecular formula is C14H13ClN4O. The van der Waals surface area contributed by atoms with Crippen LogP contribution in [0.4, 0.5) is 5.69 Å². The Morgan fingerprint density at radius 1 is 1.30 bits per heavy atom. The molecule has 0 atom stereocenters. The maximum atomic E-state index is 9.15. The minimum Gasteiger partial charge on any atom is -0.392 e. The smallest absolute Gasteiger partial charge is 0.155 e. The zero-order valence-electron chi connectivity index (χ0n) is 10.6. The van der Waals surface area contributed by atoms with Crippen molar-refractivity contribution in [1.29, 1.82) is 0 Å². The molecule has 2 N–H and O–H groups in total. The van der Waals surface area contributed by atoms with E-state index in [1.165, 1.54) is 0 Å². The first-order chi connectivity index (χ1) is 9.78. The van der Waals surface area contributed by atoms with Crippen molar-refractivity contribution in [2.75, 3.05) is 5.32 Å². The molecule has 5 nitrogen and oxygen atoms in total. The van der Waals surface area contributed by atoms with Gasteiger partial charge in [-0.05, 0) is 17.7 Å². The predicted octanol–water partition coefficient (Wildman–Crippen LogP) is 2.49. The maximum absolute atomic E-state index is 9.15. The summed E-state index contributed by atoms with van der Waals surface area (Å²) in [6, 6.07) is 5.41. The fourth-order valence-electron chi connectivity index (χ4n) is 2.02. The summed E-state index contributed by atoms with van der Waals surface area (Å²) in [5, 5.41) is 13.0. The minimum absolute atomic E-state index is 0.00681. The van der Waals surface area contributed by atoms with Gasteiger partial charge in [-0.25, -0.2) is 4.98 Å². The molecule has 2 aromatic heterocycles. The summed E-state index contributed by atoms with van der Waals surface area (Å²) in [7, 11) is 0. The molecule has 3 rings (SSSR count). The molecule has 102 valence electrons. The van der Waals surface area contributed by atoms with Gasteiger partial charge in [-0.2, -0.15) is 0 Å². The molecule has 0 bridgehead atoms. The summed E-state index contributed by atoms with van der Waals surface area (Å²) < 4.78 is 1.96. The number of aliphatic hydroxyl groups is 1. The Morgan fingerprint density at radius 2 is 2.20 bits per heavy atom. The molecule has 0 saturated heterocycles. The SMILES string of the molecule is OCc1ccc(Cl)c(NCc2cnc3cnccn23)c1. The van der Waals surface area contributed by atoms with E-state index in [0.717, 1.165) is 22.6 Å². The average molecular weight is 289 g/mol. The Morgan fingerprint density at radius 3 is 3.05 bits per heavy atom. The predicted molar refractivity (Wildman–Crippen MR) is 77.7 cm³/mol. The van der Waals surface area contributed by atoms with Crippen molar-refractivity contribution in [2.45, 2.75) is 13.2 Å². The molecule has 0 saturated carbocycles. The Balaban J connectivity index is 1.83. The molecule has 0 fully saturated rings. The molecule has 1 aromatic carbocycles. The third-order valence-corrected chi connectivity index (χ3v) is 3.40. The summed E-state index contributed by atoms with van der Waals surface area (Å²) in [5.41, 5.74) is 3.42. The molecule has 3 aromatic rings. The van der Waals surface area contributed by atoms with E-state index in [4.69, 9.17) is 16.7 Å². The molecule has 0 aliphatic rings. The third kappa shape index (κ3) is 2.45. The molecule has 2 heterocycles. The number of imidazole rings is 1. The van der Waals surface area contributed by atoms with Crippen molar-refractivity contribution in [1.82, 2.24) is 14.4 Å². The zero-order chi connectivity index (χ0) is 13.9. The van der Waals surface area contributed by atoms with Gasteiger partial charge in [0.05, 0.1) is 41.9 Å². The van der Waals surface area contributed by atoms with E-state index >= 15 is 0 Å². The van der Waals surface area contributed by atoms with Crippen LogP contribution < -0.4 is 5.32 Å². The van der Waals surface area contributed by atoms with Gasteiger partial charge in [-0.15, -0.1) is 0 Å². The quantitative estimate of drug-likeness (QED) is 0.774. The second-order valence-corrected chi connectivity index (χ2v) is 4.79. The molecule has 0 spiro atoms. The lowest BCUT2D eigenvalue weighted by Gasteiger charge is -2.09. The van der Waals surface area contributed by atoms with Crippen LogP contribution in [0.1, 0.15) is 11.3 Å². The lowest BCUT2D eigenvalue weighted by Crippen LogP contribution is -2.03. The molecular weight excluding hydrogens is 276 g/mol. The highest BCUT2D eigenvalue weighted by molar-refractivity contribution is 6.33. The van der Waals surface area contributed by atoms with Crippen molar-refractivity contribution in [3.8, 4) is 0 Å². The second kappa shape index (κ2) is 5.48. The van der Waals surface area contributed by atoms with E-state index in [-0.39, 0.29) is 6.61 Å². The van der Waals surface area contributed by atoms with E-state index < -0.39 is 0 Å². The summed E-state index contributed by atoms with van der Waals surface area (Å²) in [5.74, 6) is 0. The molecule has 0 aliphatic heterocycles. The summed E-state index contributed by atoms with van der Waals surface area (Å²) in [6.07, 6.45) is 7.10. The van der Waals surface area contributed by atoms with Crippen LogP contribution in [-0.4, -0.2) is 19.5 Å². The van der Waals surface area contributed by atoms with Crippen LogP contribution in [-0.2, 0) is 13.2 Å². The molecule has 0 amide bonds. The van der Waals surface area contributed by atoms with E-state index in [1.807, 2.05) is 16.7 Å². The van der Waals surface area contributed by atoms with Crippen LogP contribution >= 0.6 is 11.6 Å². The van der Waals surface area contributed by atoms with E-state index in [0.29, 0.717) is 11.6 Å². The standard InChI is InChI=1S/C14H13ClN4O/c15-12-2-1-10(9-20)5-13(12)17-6-11-7-18-14-8-16-3-4-19(11)14/h1-5,7-8,17,20H,6,9H2. The zero-order valence-corrected chi connectivity index (χ0v) is 11.4. The van der Waals surface area contributed by atoms with Crippen molar-refractivity contribution < 1.29 is 5.11 Å². The van der Waals surface area contributed by atoms with E-state index in [1.54, 1.807) is 30.7 Å². The fraction of sp³-hybridized carbons (Fsp3) is 0.143. The lowest BCUT2D eigenvalue weighted by atomic mass is 10.2. The number of nitrogens with zero attached hydrogens (tertiary/aromatic N) is 3. The third-order valence-electron chi connectivity index (χ3n) is 3.07. The number of aromatic nitrogens is 3. The first kappa shape index (κ1) is 12.9. The summed E-state index contributed by atoms with van der Waals surface area (Å²) in [4.78, 5) is 8.30. The van der Waals surface area contributed by atoms with Gasteiger partial charge in [0, 0.05) is 12.4 Å². The van der Waals surface area contributed by atoms with Crippen molar-refractivity contribution in [3.05, 3.63) is 59.3 Å². The van der Waals surface area contributed by atoms with Gasteiger partial charge in [-0.1, -0.05) is 17.7 Å². The Bertz CT molecular complexity index is 741. The molecule has 20 heavy (non-hydrogen) atoms. The first-order valence-electron chi connectivity index (χ1n) is 6.17. The number of aliphatic hydroxyl groups excluding tert-OH is 1. The largest absolute Gasteiger partial charge is 0.392 e. The molecule has 0 unspecified atom stereocenters. The second-order valence-electron chi connectivity index (χ2n) is 4.38. The number of rotatable bonds is 4. The van der Waals surface area contributed by atoms with Gasteiger partial charge in [0.2, 0.25) is 0 Å². The van der Waals surface area contributed by atoms with Crippen LogP contribution in [0.2, 0.25) is 5.02 Å². The van der Waals surface area contributed by atoms with Gasteiger partial charge in [0.15, 0.2) is 5.65 Å². The van der Waals surface area contributed by atoms with Gasteiger partial charge in [0.25, 0.3) is 0 Å². The van der Waals surface area contributed by atoms with Crippen molar-refractivity contribution >= 4 is 22.9 Å². The molecule has 0 radical (unpaired) electrons. The monoisotopic (exact) mass is 288 g/mol.